The summed E-state index contributed by atoms with van der Waals surface area (Å²) in [6, 6.07) is 14.9. The summed E-state index contributed by atoms with van der Waals surface area (Å²) in [5.74, 6) is -0.891. The van der Waals surface area contributed by atoms with Gasteiger partial charge in [0.1, 0.15) is 5.82 Å². The Morgan fingerprint density at radius 3 is 2.48 bits per heavy atom. The number of amides is 2. The maximum Gasteiger partial charge on any atom is 0.254 e. The van der Waals surface area contributed by atoms with Crippen molar-refractivity contribution in [3.63, 3.8) is 0 Å². The molecular formula is C25H32FN3O2. The van der Waals surface area contributed by atoms with E-state index in [0.29, 0.717) is 19.5 Å². The molecule has 0 unspecified atom stereocenters. The van der Waals surface area contributed by atoms with Crippen molar-refractivity contribution in [2.24, 2.45) is 5.92 Å². The van der Waals surface area contributed by atoms with Crippen molar-refractivity contribution in [3.8, 4) is 0 Å². The highest BCUT2D eigenvalue weighted by Crippen LogP contribution is 2.53. The number of likely N-dealkylation sites (N-methyl/N-ethyl adjacent to an activating group) is 1. The number of nitrogens with one attached hydrogen (secondary N) is 2. The lowest BCUT2D eigenvalue weighted by Crippen LogP contribution is -2.42. The van der Waals surface area contributed by atoms with Gasteiger partial charge in [-0.15, -0.1) is 0 Å². The van der Waals surface area contributed by atoms with Gasteiger partial charge in [-0.2, -0.15) is 0 Å². The van der Waals surface area contributed by atoms with Gasteiger partial charge in [0.2, 0.25) is 5.91 Å². The van der Waals surface area contributed by atoms with Gasteiger partial charge in [-0.1, -0.05) is 43.3 Å². The van der Waals surface area contributed by atoms with Gasteiger partial charge in [0.25, 0.3) is 5.91 Å². The van der Waals surface area contributed by atoms with E-state index in [-0.39, 0.29) is 28.8 Å². The lowest BCUT2D eigenvalue weighted by atomic mass is 9.95. The maximum atomic E-state index is 14.4. The van der Waals surface area contributed by atoms with Crippen molar-refractivity contribution in [2.45, 2.75) is 38.1 Å². The standard InChI is InChI=1S/C25H32FN3O2/c1-5-27-23(30)20-12-11-17(14-22(20)26)13-19(29(3)4)16-28-24(31)21-15-25(21,2)18-9-7-6-8-10-18/h6-12,14,19,21H,5,13,15-16H2,1-4H3,(H,27,30)(H,28,31)/t19-,21-,25+/m0/s1. The van der Waals surface area contributed by atoms with E-state index in [1.54, 1.807) is 13.0 Å². The molecule has 0 aromatic heterocycles. The zero-order valence-corrected chi connectivity index (χ0v) is 18.7. The zero-order valence-electron chi connectivity index (χ0n) is 18.7. The summed E-state index contributed by atoms with van der Waals surface area (Å²) in [6.45, 7) is 4.86. The van der Waals surface area contributed by atoms with E-state index in [4.69, 9.17) is 0 Å². The maximum absolute atomic E-state index is 14.4. The second-order valence-corrected chi connectivity index (χ2v) is 8.78. The van der Waals surface area contributed by atoms with Gasteiger partial charge in [0.15, 0.2) is 0 Å². The Bertz CT molecular complexity index is 932. The fourth-order valence-corrected chi connectivity index (χ4v) is 4.06. The van der Waals surface area contributed by atoms with E-state index in [9.17, 15) is 14.0 Å². The first kappa shape index (κ1) is 22.9. The van der Waals surface area contributed by atoms with Gasteiger partial charge in [0, 0.05) is 30.5 Å². The number of rotatable bonds is 9. The number of carbonyl (C=O) groups excluding carboxylic acids is 2. The van der Waals surface area contributed by atoms with Crippen LogP contribution in [0.2, 0.25) is 0 Å². The highest BCUT2D eigenvalue weighted by molar-refractivity contribution is 5.94. The van der Waals surface area contributed by atoms with Crippen LogP contribution in [0.1, 0.15) is 41.8 Å². The van der Waals surface area contributed by atoms with Crippen molar-refractivity contribution >= 4 is 11.8 Å². The summed E-state index contributed by atoms with van der Waals surface area (Å²) < 4.78 is 14.4. The van der Waals surface area contributed by atoms with Gasteiger partial charge >= 0.3 is 0 Å². The van der Waals surface area contributed by atoms with Crippen molar-refractivity contribution in [3.05, 3.63) is 71.0 Å². The molecule has 1 fully saturated rings. The van der Waals surface area contributed by atoms with Crippen molar-refractivity contribution in [1.82, 2.24) is 15.5 Å². The third-order valence-electron chi connectivity index (χ3n) is 6.32. The average Bonchev–Trinajstić information content (AvgIpc) is 3.44. The summed E-state index contributed by atoms with van der Waals surface area (Å²) in [4.78, 5) is 26.7. The largest absolute Gasteiger partial charge is 0.354 e. The topological polar surface area (TPSA) is 61.4 Å². The molecule has 0 bridgehead atoms. The van der Waals surface area contributed by atoms with Crippen molar-refractivity contribution in [2.75, 3.05) is 27.2 Å². The SMILES string of the molecule is CCNC(=O)c1ccc(C[C@@H](CNC(=O)[C@@H]2C[C@]2(C)c2ccccc2)N(C)C)cc1F. The third kappa shape index (κ3) is 5.31. The Morgan fingerprint density at radius 2 is 1.87 bits per heavy atom. The summed E-state index contributed by atoms with van der Waals surface area (Å²) in [7, 11) is 3.89. The normalized spacial score (nSPS) is 20.9. The molecule has 0 radical (unpaired) electrons. The molecule has 2 N–H and O–H groups in total. The number of hydrogen-bond acceptors (Lipinski definition) is 3. The van der Waals surface area contributed by atoms with Crippen molar-refractivity contribution in [1.29, 1.82) is 0 Å². The Labute approximate surface area is 184 Å². The fourth-order valence-electron chi connectivity index (χ4n) is 4.06. The van der Waals surface area contributed by atoms with E-state index in [2.05, 4.69) is 29.7 Å². The lowest BCUT2D eigenvalue weighted by Gasteiger charge is -2.25. The minimum atomic E-state index is -0.526. The summed E-state index contributed by atoms with van der Waals surface area (Å²) in [6.07, 6.45) is 1.42. The van der Waals surface area contributed by atoms with Crippen LogP contribution in [0.5, 0.6) is 0 Å². The van der Waals surface area contributed by atoms with Crippen LogP contribution < -0.4 is 10.6 Å². The molecule has 31 heavy (non-hydrogen) atoms. The van der Waals surface area contributed by atoms with E-state index in [0.717, 1.165) is 12.0 Å². The van der Waals surface area contributed by atoms with Crippen LogP contribution in [-0.4, -0.2) is 49.9 Å². The quantitative estimate of drug-likeness (QED) is 0.649. The van der Waals surface area contributed by atoms with E-state index < -0.39 is 11.7 Å². The third-order valence-corrected chi connectivity index (χ3v) is 6.32. The summed E-state index contributed by atoms with van der Waals surface area (Å²) >= 11 is 0. The van der Waals surface area contributed by atoms with Crippen molar-refractivity contribution < 1.29 is 14.0 Å². The molecule has 2 aromatic carbocycles. The average molecular weight is 426 g/mol. The molecule has 0 heterocycles. The first-order valence-electron chi connectivity index (χ1n) is 10.8. The number of halogens is 1. The van der Waals surface area contributed by atoms with Crippen LogP contribution in [-0.2, 0) is 16.6 Å². The Balaban J connectivity index is 1.59. The van der Waals surface area contributed by atoms with Crippen LogP contribution in [0, 0.1) is 11.7 Å². The van der Waals surface area contributed by atoms with Crippen LogP contribution in [0.3, 0.4) is 0 Å². The molecule has 6 heteroatoms. The van der Waals surface area contributed by atoms with Crippen LogP contribution in [0.25, 0.3) is 0 Å². The summed E-state index contributed by atoms with van der Waals surface area (Å²) in [5, 5.41) is 5.71. The molecule has 166 valence electrons. The molecule has 3 rings (SSSR count). The molecule has 3 atom stereocenters. The highest BCUT2D eigenvalue weighted by Gasteiger charge is 2.55. The number of hydrogen-bond donors (Lipinski definition) is 2. The number of benzene rings is 2. The number of nitrogens with zero attached hydrogens (tertiary/aromatic N) is 1. The van der Waals surface area contributed by atoms with Crippen LogP contribution in [0.15, 0.2) is 48.5 Å². The Kier molecular flexibility index (Phi) is 7.11. The first-order chi connectivity index (χ1) is 14.8. The fraction of sp³-hybridized carbons (Fsp3) is 0.440. The molecular weight excluding hydrogens is 393 g/mol. The van der Waals surface area contributed by atoms with Gasteiger partial charge in [-0.25, -0.2) is 4.39 Å². The Hall–Kier alpha value is -2.73. The molecule has 0 aliphatic heterocycles. The van der Waals surface area contributed by atoms with Crippen LogP contribution in [0.4, 0.5) is 4.39 Å². The summed E-state index contributed by atoms with van der Waals surface area (Å²) in [5.41, 5.74) is 1.94. The first-order valence-corrected chi connectivity index (χ1v) is 10.8. The second kappa shape index (κ2) is 9.60. The van der Waals surface area contributed by atoms with Gasteiger partial charge in [-0.05, 0) is 57.1 Å². The molecule has 0 saturated heterocycles. The lowest BCUT2D eigenvalue weighted by molar-refractivity contribution is -0.122. The van der Waals surface area contributed by atoms with Gasteiger partial charge in [-0.3, -0.25) is 9.59 Å². The zero-order chi connectivity index (χ0) is 22.6. The molecule has 1 aliphatic rings. The highest BCUT2D eigenvalue weighted by atomic mass is 19.1. The van der Waals surface area contributed by atoms with E-state index >= 15 is 0 Å². The van der Waals surface area contributed by atoms with Crippen LogP contribution >= 0.6 is 0 Å². The second-order valence-electron chi connectivity index (χ2n) is 8.78. The van der Waals surface area contributed by atoms with Gasteiger partial charge in [0.05, 0.1) is 5.56 Å². The smallest absolute Gasteiger partial charge is 0.254 e. The molecule has 2 amide bonds. The minimum absolute atomic E-state index is 0.0143. The molecule has 0 spiro atoms. The Morgan fingerprint density at radius 1 is 1.16 bits per heavy atom. The monoisotopic (exact) mass is 425 g/mol. The predicted molar refractivity (Wildman–Crippen MR) is 120 cm³/mol. The van der Waals surface area contributed by atoms with Gasteiger partial charge < -0.3 is 15.5 Å². The van der Waals surface area contributed by atoms with E-state index in [1.165, 1.54) is 17.7 Å². The molecule has 1 aliphatic carbocycles. The van der Waals surface area contributed by atoms with E-state index in [1.807, 2.05) is 37.2 Å². The minimum Gasteiger partial charge on any atom is -0.354 e. The number of carbonyl (C=O) groups is 2. The predicted octanol–water partition coefficient (Wildman–Crippen LogP) is 3.14. The molecule has 5 nitrogen and oxygen atoms in total. The molecule has 2 aromatic rings. The molecule has 1 saturated carbocycles.